The van der Waals surface area contributed by atoms with Crippen molar-refractivity contribution in [1.29, 1.82) is 5.26 Å². The summed E-state index contributed by atoms with van der Waals surface area (Å²) in [4.78, 5) is 0. The maximum absolute atomic E-state index is 9.27. The minimum absolute atomic E-state index is 0.412. The molecule has 0 amide bonds. The fraction of sp³-hybridized carbons (Fsp3) is 0.278. The number of nitrogens with two attached hydrogens (primary N) is 1. The molecule has 0 radical (unpaired) electrons. The summed E-state index contributed by atoms with van der Waals surface area (Å²) >= 11 is 0. The minimum atomic E-state index is 0.412. The maximum Gasteiger partial charge on any atom is 0.145 e. The number of hydrogen-bond donors (Lipinski definition) is 1. The maximum atomic E-state index is 9.27. The van der Waals surface area contributed by atoms with Crippen molar-refractivity contribution in [2.45, 2.75) is 32.7 Å². The van der Waals surface area contributed by atoms with Crippen LogP contribution in [0.15, 0.2) is 42.5 Å². The van der Waals surface area contributed by atoms with Gasteiger partial charge in [-0.2, -0.15) is 5.26 Å². The van der Waals surface area contributed by atoms with Gasteiger partial charge in [-0.05, 0) is 41.7 Å². The summed E-state index contributed by atoms with van der Waals surface area (Å²) in [6.45, 7) is 4.74. The Morgan fingerprint density at radius 2 is 1.95 bits per heavy atom. The highest BCUT2D eigenvalue weighted by atomic mass is 16.5. The van der Waals surface area contributed by atoms with Crippen molar-refractivity contribution in [2.24, 2.45) is 5.73 Å². The molecule has 0 bridgehead atoms. The Kier molecular flexibility index (Phi) is 4.97. The van der Waals surface area contributed by atoms with Crippen LogP contribution >= 0.6 is 0 Å². The monoisotopic (exact) mass is 280 g/mol. The van der Waals surface area contributed by atoms with Gasteiger partial charge in [0.2, 0.25) is 0 Å². The number of ether oxygens (including phenoxy) is 1. The van der Waals surface area contributed by atoms with Crippen LogP contribution in [0.2, 0.25) is 0 Å². The smallest absolute Gasteiger partial charge is 0.145 e. The fourth-order valence-electron chi connectivity index (χ4n) is 2.20. The van der Waals surface area contributed by atoms with Gasteiger partial charge in [-0.1, -0.05) is 38.1 Å². The van der Waals surface area contributed by atoms with Gasteiger partial charge < -0.3 is 10.5 Å². The molecule has 21 heavy (non-hydrogen) atoms. The number of hydrogen-bond acceptors (Lipinski definition) is 3. The van der Waals surface area contributed by atoms with Crippen molar-refractivity contribution < 1.29 is 4.74 Å². The quantitative estimate of drug-likeness (QED) is 0.887. The van der Waals surface area contributed by atoms with Crippen molar-refractivity contribution in [1.82, 2.24) is 0 Å². The van der Waals surface area contributed by atoms with Crippen molar-refractivity contribution in [3.05, 3.63) is 59.2 Å². The molecule has 3 heteroatoms. The average molecular weight is 280 g/mol. The Morgan fingerprint density at radius 3 is 2.62 bits per heavy atom. The molecular formula is C18H20N2O. The second kappa shape index (κ2) is 6.92. The molecule has 2 rings (SSSR count). The summed E-state index contributed by atoms with van der Waals surface area (Å²) in [6, 6.07) is 15.6. The van der Waals surface area contributed by atoms with Crippen LogP contribution in [0.25, 0.3) is 0 Å². The summed E-state index contributed by atoms with van der Waals surface area (Å²) < 4.78 is 5.99. The third-order valence-electron chi connectivity index (χ3n) is 3.68. The van der Waals surface area contributed by atoms with E-state index in [1.165, 1.54) is 0 Å². The van der Waals surface area contributed by atoms with E-state index in [1.807, 2.05) is 30.3 Å². The molecule has 0 aliphatic heterocycles. The van der Waals surface area contributed by atoms with Gasteiger partial charge in [-0.15, -0.1) is 0 Å². The van der Waals surface area contributed by atoms with Crippen LogP contribution < -0.4 is 10.5 Å². The third kappa shape index (κ3) is 3.42. The number of para-hydroxylation sites is 1. The van der Waals surface area contributed by atoms with E-state index in [0.717, 1.165) is 23.3 Å². The molecule has 2 N–H and O–H groups in total. The topological polar surface area (TPSA) is 59.0 Å². The van der Waals surface area contributed by atoms with Crippen LogP contribution in [0, 0.1) is 11.3 Å². The highest BCUT2D eigenvalue weighted by Gasteiger charge is 2.12. The first-order valence-electron chi connectivity index (χ1n) is 7.19. The zero-order valence-electron chi connectivity index (χ0n) is 12.5. The summed E-state index contributed by atoms with van der Waals surface area (Å²) in [6.07, 6.45) is 1.04. The molecule has 2 aromatic carbocycles. The van der Waals surface area contributed by atoms with E-state index < -0.39 is 0 Å². The number of nitriles is 1. The molecule has 0 spiro atoms. The van der Waals surface area contributed by atoms with Crippen LogP contribution in [-0.2, 0) is 6.54 Å². The second-order valence-electron chi connectivity index (χ2n) is 5.10. The van der Waals surface area contributed by atoms with Gasteiger partial charge in [0.1, 0.15) is 17.6 Å². The van der Waals surface area contributed by atoms with Gasteiger partial charge in [0.05, 0.1) is 5.56 Å². The van der Waals surface area contributed by atoms with Crippen molar-refractivity contribution >= 4 is 0 Å². The average Bonchev–Trinajstić information content (AvgIpc) is 2.55. The first-order valence-corrected chi connectivity index (χ1v) is 7.19. The molecule has 1 atom stereocenters. The zero-order valence-corrected chi connectivity index (χ0v) is 12.5. The van der Waals surface area contributed by atoms with Crippen molar-refractivity contribution in [3.8, 4) is 17.6 Å². The molecule has 0 heterocycles. The SMILES string of the molecule is CCC(C)c1ccccc1Oc1ccc(CN)cc1C#N. The first-order chi connectivity index (χ1) is 10.2. The lowest BCUT2D eigenvalue weighted by atomic mass is 9.98. The standard InChI is InChI=1S/C18H20N2O/c1-3-13(2)16-6-4-5-7-18(16)21-17-9-8-14(11-19)10-15(17)12-20/h4-10,13H,3,11,19H2,1-2H3. The first kappa shape index (κ1) is 15.1. The molecule has 108 valence electrons. The van der Waals surface area contributed by atoms with Crippen LogP contribution in [0.3, 0.4) is 0 Å². The molecule has 0 aliphatic rings. The number of rotatable bonds is 5. The van der Waals surface area contributed by atoms with Gasteiger partial charge in [-0.3, -0.25) is 0 Å². The predicted octanol–water partition coefficient (Wildman–Crippen LogP) is 4.32. The van der Waals surface area contributed by atoms with Crippen LogP contribution in [-0.4, -0.2) is 0 Å². The molecule has 0 saturated carbocycles. The number of benzene rings is 2. The molecule has 1 unspecified atom stereocenters. The molecule has 2 aromatic rings. The van der Waals surface area contributed by atoms with Crippen LogP contribution in [0.1, 0.15) is 42.9 Å². The van der Waals surface area contributed by atoms with E-state index in [0.29, 0.717) is 23.8 Å². The Morgan fingerprint density at radius 1 is 1.19 bits per heavy atom. The lowest BCUT2D eigenvalue weighted by molar-refractivity contribution is 0.468. The Labute approximate surface area is 126 Å². The minimum Gasteiger partial charge on any atom is -0.456 e. The van der Waals surface area contributed by atoms with Gasteiger partial charge in [-0.25, -0.2) is 0 Å². The van der Waals surface area contributed by atoms with Gasteiger partial charge in [0.25, 0.3) is 0 Å². The normalized spacial score (nSPS) is 11.7. The van der Waals surface area contributed by atoms with E-state index in [9.17, 15) is 5.26 Å². The molecule has 0 aliphatic carbocycles. The lowest BCUT2D eigenvalue weighted by Crippen LogP contribution is -1.99. The number of nitrogens with zero attached hydrogens (tertiary/aromatic N) is 1. The van der Waals surface area contributed by atoms with E-state index in [-0.39, 0.29) is 0 Å². The molecule has 3 nitrogen and oxygen atoms in total. The van der Waals surface area contributed by atoms with E-state index in [1.54, 1.807) is 6.07 Å². The van der Waals surface area contributed by atoms with Crippen molar-refractivity contribution in [3.63, 3.8) is 0 Å². The highest BCUT2D eigenvalue weighted by Crippen LogP contribution is 2.33. The lowest BCUT2D eigenvalue weighted by Gasteiger charge is -2.16. The summed E-state index contributed by atoms with van der Waals surface area (Å²) in [7, 11) is 0. The van der Waals surface area contributed by atoms with Crippen LogP contribution in [0.4, 0.5) is 0 Å². The van der Waals surface area contributed by atoms with E-state index in [4.69, 9.17) is 10.5 Å². The van der Waals surface area contributed by atoms with Gasteiger partial charge in [0, 0.05) is 6.54 Å². The Hall–Kier alpha value is -2.31. The Balaban J connectivity index is 2.37. The fourth-order valence-corrected chi connectivity index (χ4v) is 2.20. The van der Waals surface area contributed by atoms with Gasteiger partial charge in [0.15, 0.2) is 0 Å². The van der Waals surface area contributed by atoms with Crippen molar-refractivity contribution in [2.75, 3.05) is 0 Å². The van der Waals surface area contributed by atoms with E-state index in [2.05, 4.69) is 26.0 Å². The zero-order chi connectivity index (χ0) is 15.2. The summed E-state index contributed by atoms with van der Waals surface area (Å²) in [5.41, 5.74) is 8.20. The predicted molar refractivity (Wildman–Crippen MR) is 84.3 cm³/mol. The second-order valence-corrected chi connectivity index (χ2v) is 5.10. The summed E-state index contributed by atoms with van der Waals surface area (Å²) in [5, 5.41) is 9.27. The molecule has 0 fully saturated rings. The summed E-state index contributed by atoms with van der Waals surface area (Å²) in [5.74, 6) is 1.80. The molecular weight excluding hydrogens is 260 g/mol. The third-order valence-corrected chi connectivity index (χ3v) is 3.68. The van der Waals surface area contributed by atoms with E-state index >= 15 is 0 Å². The largest absolute Gasteiger partial charge is 0.456 e. The Bertz CT molecular complexity index is 659. The molecule has 0 saturated heterocycles. The highest BCUT2D eigenvalue weighted by molar-refractivity contribution is 5.49. The van der Waals surface area contributed by atoms with Crippen LogP contribution in [0.5, 0.6) is 11.5 Å². The molecule has 0 aromatic heterocycles. The van der Waals surface area contributed by atoms with Gasteiger partial charge >= 0.3 is 0 Å².